The largest absolute Gasteiger partial charge is 0.412 e. The van der Waals surface area contributed by atoms with Crippen molar-refractivity contribution in [3.05, 3.63) is 34.9 Å². The first-order valence-electron chi connectivity index (χ1n) is 21.9. The fourth-order valence-corrected chi connectivity index (χ4v) is 15.7. The quantitative estimate of drug-likeness (QED) is 0.123. The molecule has 0 aromatic rings. The summed E-state index contributed by atoms with van der Waals surface area (Å²) in [7, 11) is -5.55. The van der Waals surface area contributed by atoms with Gasteiger partial charge in [-0.15, -0.1) is 0 Å². The minimum atomic E-state index is -1.98. The lowest BCUT2D eigenvalue weighted by Crippen LogP contribution is -2.50. The van der Waals surface area contributed by atoms with Crippen molar-refractivity contribution < 1.29 is 13.3 Å². The number of allylic oxidation sites excluding steroid dienone is 4. The maximum Gasteiger partial charge on any atom is 0.192 e. The summed E-state index contributed by atoms with van der Waals surface area (Å²) in [5, 5.41) is 0.342. The van der Waals surface area contributed by atoms with Crippen molar-refractivity contribution >= 4 is 25.0 Å². The van der Waals surface area contributed by atoms with Gasteiger partial charge in [0.1, 0.15) is 0 Å². The molecule has 0 radical (unpaired) electrons. The van der Waals surface area contributed by atoms with Gasteiger partial charge in [-0.05, 0) is 155 Å². The van der Waals surface area contributed by atoms with E-state index in [1.54, 1.807) is 5.57 Å². The summed E-state index contributed by atoms with van der Waals surface area (Å²) in [5.41, 5.74) is 5.06. The lowest BCUT2D eigenvalue weighted by Gasteiger charge is -2.46. The van der Waals surface area contributed by atoms with Gasteiger partial charge >= 0.3 is 0 Å². The van der Waals surface area contributed by atoms with Crippen LogP contribution in [0.3, 0.4) is 0 Å². The Kier molecular flexibility index (Phi) is 15.5. The Morgan fingerprint density at radius 3 is 1.79 bits per heavy atom. The Morgan fingerprint density at radius 2 is 1.33 bits per heavy atom. The second-order valence-electron chi connectivity index (χ2n) is 21.6. The van der Waals surface area contributed by atoms with Gasteiger partial charge in [-0.25, -0.2) is 0 Å². The first-order valence-corrected chi connectivity index (χ1v) is 30.3. The van der Waals surface area contributed by atoms with Crippen LogP contribution in [0.2, 0.25) is 54.4 Å². The molecule has 3 aliphatic rings. The average Bonchev–Trinajstić information content (AvgIpc) is 3.38. The number of hydrogen-bond acceptors (Lipinski definition) is 3. The molecule has 0 spiro atoms. The summed E-state index contributed by atoms with van der Waals surface area (Å²) in [6.45, 7) is 43.1. The molecule has 6 atom stereocenters. The van der Waals surface area contributed by atoms with Gasteiger partial charge < -0.3 is 13.3 Å². The van der Waals surface area contributed by atoms with Gasteiger partial charge in [0.05, 0.1) is 17.8 Å². The van der Waals surface area contributed by atoms with Gasteiger partial charge in [-0.3, -0.25) is 0 Å². The van der Waals surface area contributed by atoms with E-state index in [0.29, 0.717) is 5.41 Å². The fraction of sp³-hybridized carbons (Fsp3) is 0.870. The summed E-state index contributed by atoms with van der Waals surface area (Å²) < 4.78 is 21.5. The zero-order chi connectivity index (χ0) is 39.6. The van der Waals surface area contributed by atoms with Crippen LogP contribution in [0.15, 0.2) is 34.9 Å². The second-order valence-corrected chi connectivity index (χ2v) is 35.8. The highest BCUT2D eigenvalue weighted by Gasteiger charge is 2.51. The SMILES string of the molecule is CC=C1[C@H](O[Si](C)(C)C(C)(C)C)CC(=C/C=C2\CCC[C@@]3(C)C2CC[C@@H]3[C@H](C)CCCC(C)(C)O[Si](CC)(CC)CC)C[C@H]1O[Si](C)(C)C(C)(C)C. The van der Waals surface area contributed by atoms with Gasteiger partial charge in [0.25, 0.3) is 0 Å². The van der Waals surface area contributed by atoms with Crippen LogP contribution in [0.25, 0.3) is 0 Å². The highest BCUT2D eigenvalue weighted by atomic mass is 28.4. The van der Waals surface area contributed by atoms with Gasteiger partial charge in [0.2, 0.25) is 0 Å². The Labute approximate surface area is 328 Å². The molecule has 3 rings (SSSR count). The first kappa shape index (κ1) is 46.1. The van der Waals surface area contributed by atoms with E-state index in [4.69, 9.17) is 13.3 Å². The third-order valence-corrected chi connectivity index (χ3v) is 29.4. The molecular weight excluding hydrogens is 685 g/mol. The van der Waals surface area contributed by atoms with E-state index < -0.39 is 25.0 Å². The smallest absolute Gasteiger partial charge is 0.192 e. The van der Waals surface area contributed by atoms with Gasteiger partial charge in [0.15, 0.2) is 25.0 Å². The molecule has 0 bridgehead atoms. The summed E-state index contributed by atoms with van der Waals surface area (Å²) in [5.74, 6) is 2.32. The predicted molar refractivity (Wildman–Crippen MR) is 237 cm³/mol. The zero-order valence-electron chi connectivity index (χ0n) is 38.0. The summed E-state index contributed by atoms with van der Waals surface area (Å²) >= 11 is 0. The molecule has 0 aliphatic heterocycles. The van der Waals surface area contributed by atoms with E-state index >= 15 is 0 Å². The van der Waals surface area contributed by atoms with Gasteiger partial charge in [-0.2, -0.15) is 0 Å². The molecule has 0 aromatic heterocycles. The molecule has 1 unspecified atom stereocenters. The van der Waals surface area contributed by atoms with Crippen LogP contribution in [-0.4, -0.2) is 42.8 Å². The topological polar surface area (TPSA) is 27.7 Å². The highest BCUT2D eigenvalue weighted by Crippen LogP contribution is 2.60. The van der Waals surface area contributed by atoms with Crippen LogP contribution in [0.5, 0.6) is 0 Å². The Balaban J connectivity index is 1.81. The van der Waals surface area contributed by atoms with E-state index in [0.717, 1.165) is 30.6 Å². The third kappa shape index (κ3) is 10.8. The molecule has 3 fully saturated rings. The molecule has 302 valence electrons. The fourth-order valence-electron chi connectivity index (χ4n) is 9.89. The van der Waals surface area contributed by atoms with E-state index in [-0.39, 0.29) is 27.9 Å². The van der Waals surface area contributed by atoms with E-state index in [1.807, 2.05) is 0 Å². The lowest BCUT2D eigenvalue weighted by molar-refractivity contribution is 0.0704. The van der Waals surface area contributed by atoms with Gasteiger partial charge in [0, 0.05) is 0 Å². The molecule has 0 heterocycles. The molecule has 6 heteroatoms. The summed E-state index contributed by atoms with van der Waals surface area (Å²) in [4.78, 5) is 0. The van der Waals surface area contributed by atoms with E-state index in [1.165, 1.54) is 80.6 Å². The van der Waals surface area contributed by atoms with Crippen LogP contribution in [0.4, 0.5) is 0 Å². The molecule has 0 amide bonds. The third-order valence-electron chi connectivity index (χ3n) is 15.6. The van der Waals surface area contributed by atoms with Crippen LogP contribution in [-0.2, 0) is 13.3 Å². The maximum atomic E-state index is 7.26. The standard InChI is InChI=1S/C46H88O3Si3/c1-19-38-41(47-50(15,16)43(6,7)8)33-36(34-42(38)48-51(17,18)44(9,10)11)27-28-37-26-24-32-46(14)39(29-30-40(37)46)35(5)25-23-31-45(12,13)49-52(20-2,21-3)22-4/h19,27-28,35,39-42H,20-26,29-34H2,1-18H3/b36-27?,37-28+,38-19?/t35-,39-,40?,41-,42-,46-/m1/s1. The Morgan fingerprint density at radius 1 is 0.808 bits per heavy atom. The van der Waals surface area contributed by atoms with Crippen molar-refractivity contribution in [3.63, 3.8) is 0 Å². The van der Waals surface area contributed by atoms with E-state index in [2.05, 4.69) is 141 Å². The summed E-state index contributed by atoms with van der Waals surface area (Å²) in [6.07, 6.45) is 20.2. The van der Waals surface area contributed by atoms with Crippen molar-refractivity contribution in [2.24, 2.45) is 23.2 Å². The van der Waals surface area contributed by atoms with Crippen LogP contribution in [0.1, 0.15) is 161 Å². The molecule has 3 aliphatic carbocycles. The van der Waals surface area contributed by atoms with E-state index in [9.17, 15) is 0 Å². The number of rotatable bonds is 15. The normalized spacial score (nSPS) is 28.3. The Hall–Kier alpha value is -0.249. The monoisotopic (exact) mass is 773 g/mol. The number of fused-ring (bicyclic) bond motifs is 1. The predicted octanol–water partition coefficient (Wildman–Crippen LogP) is 15.2. The van der Waals surface area contributed by atoms with Crippen molar-refractivity contribution in [3.8, 4) is 0 Å². The average molecular weight is 773 g/mol. The van der Waals surface area contributed by atoms with Gasteiger partial charge in [-0.1, -0.05) is 118 Å². The Bertz CT molecular complexity index is 1210. The molecule has 0 aromatic carbocycles. The van der Waals surface area contributed by atoms with Crippen molar-refractivity contribution in [1.82, 2.24) is 0 Å². The minimum absolute atomic E-state index is 0.000597. The number of hydrogen-bond donors (Lipinski definition) is 0. The molecular formula is C46H88O3Si3. The van der Waals surface area contributed by atoms with Crippen LogP contribution in [0, 0.1) is 23.2 Å². The molecule has 52 heavy (non-hydrogen) atoms. The van der Waals surface area contributed by atoms with Crippen molar-refractivity contribution in [1.29, 1.82) is 0 Å². The maximum absolute atomic E-state index is 7.26. The zero-order valence-corrected chi connectivity index (χ0v) is 41.0. The molecule has 3 nitrogen and oxygen atoms in total. The summed E-state index contributed by atoms with van der Waals surface area (Å²) in [6, 6.07) is 3.71. The lowest BCUT2D eigenvalue weighted by atomic mass is 9.60. The minimum Gasteiger partial charge on any atom is -0.412 e. The van der Waals surface area contributed by atoms with Crippen LogP contribution >= 0.6 is 0 Å². The molecule has 0 saturated heterocycles. The second kappa shape index (κ2) is 17.5. The van der Waals surface area contributed by atoms with Crippen molar-refractivity contribution in [2.45, 2.75) is 233 Å². The first-order chi connectivity index (χ1) is 23.8. The van der Waals surface area contributed by atoms with Crippen molar-refractivity contribution in [2.75, 3.05) is 0 Å². The van der Waals surface area contributed by atoms with Crippen LogP contribution < -0.4 is 0 Å². The highest BCUT2D eigenvalue weighted by molar-refractivity contribution is 6.74. The molecule has 3 saturated carbocycles. The molecule has 0 N–H and O–H groups in total.